The van der Waals surface area contributed by atoms with E-state index >= 15 is 0 Å². The number of hydrogen-bond donors (Lipinski definition) is 1. The van der Waals surface area contributed by atoms with E-state index in [-0.39, 0.29) is 17.6 Å². The van der Waals surface area contributed by atoms with Crippen molar-refractivity contribution in [3.8, 4) is 34.3 Å². The van der Waals surface area contributed by atoms with Crippen LogP contribution in [0.2, 0.25) is 0 Å². The number of urea groups is 1. The molecule has 0 radical (unpaired) electrons. The first-order chi connectivity index (χ1) is 22.4. The van der Waals surface area contributed by atoms with Gasteiger partial charge in [0, 0.05) is 29.2 Å². The summed E-state index contributed by atoms with van der Waals surface area (Å²) in [6.07, 6.45) is -2.52. The highest BCUT2D eigenvalue weighted by atomic mass is 32.1. The average molecular weight is 665 g/mol. The zero-order valence-corrected chi connectivity index (χ0v) is 27.4. The van der Waals surface area contributed by atoms with E-state index in [1.54, 1.807) is 7.11 Å². The second-order valence-electron chi connectivity index (χ2n) is 11.4. The van der Waals surface area contributed by atoms with Gasteiger partial charge in [0.15, 0.2) is 10.6 Å². The zero-order chi connectivity index (χ0) is 33.7. The maximum atomic E-state index is 12.9. The molecule has 0 bridgehead atoms. The average Bonchev–Trinajstić information content (AvgIpc) is 3.66. The van der Waals surface area contributed by atoms with Gasteiger partial charge in [-0.3, -0.25) is 4.57 Å². The lowest BCUT2D eigenvalue weighted by Crippen LogP contribution is -2.29. The van der Waals surface area contributed by atoms with Crippen LogP contribution in [0, 0.1) is 12.8 Å². The Morgan fingerprint density at radius 1 is 1.02 bits per heavy atom. The summed E-state index contributed by atoms with van der Waals surface area (Å²) < 4.78 is 50.2. The maximum absolute atomic E-state index is 12.9. The van der Waals surface area contributed by atoms with Crippen LogP contribution >= 0.6 is 11.3 Å². The number of carbonyl (C=O) groups is 1. The smallest absolute Gasteiger partial charge is 0.497 e. The Morgan fingerprint density at radius 2 is 1.72 bits per heavy atom. The van der Waals surface area contributed by atoms with E-state index < -0.39 is 12.4 Å². The third kappa shape index (κ3) is 8.47. The van der Waals surface area contributed by atoms with Crippen LogP contribution in [0.25, 0.3) is 22.8 Å². The van der Waals surface area contributed by atoms with Crippen molar-refractivity contribution in [2.24, 2.45) is 10.9 Å². The van der Waals surface area contributed by atoms with Crippen molar-refractivity contribution in [2.75, 3.05) is 13.7 Å². The predicted octanol–water partition coefficient (Wildman–Crippen LogP) is 7.61. The number of aryl methyl sites for hydroxylation is 1. The molecule has 1 atom stereocenters. The molecular weight excluding hydrogens is 629 g/mol. The van der Waals surface area contributed by atoms with Crippen molar-refractivity contribution in [3.63, 3.8) is 0 Å². The topological polar surface area (TPSA) is 95.6 Å². The summed E-state index contributed by atoms with van der Waals surface area (Å²) in [4.78, 5) is 22.2. The Kier molecular flexibility index (Phi) is 10.1. The summed E-state index contributed by atoms with van der Waals surface area (Å²) in [5.41, 5.74) is 5.47. The van der Waals surface area contributed by atoms with Gasteiger partial charge in [-0.25, -0.2) is 14.5 Å². The summed E-state index contributed by atoms with van der Waals surface area (Å²) >= 11 is 1.41. The van der Waals surface area contributed by atoms with Gasteiger partial charge in [0.05, 0.1) is 18.5 Å². The molecule has 0 spiro atoms. The third-order valence-corrected chi connectivity index (χ3v) is 8.34. The standard InChI is InChI=1S/C34H35F3N6O3S/c1-21(2)29-15-14-28(45-5)17-30(29)43-23(4)19-47-33(43)40-32(44)38-18-22(3)16-24-6-8-25(9-7-24)31-39-20-42(41-31)26-10-12-27(13-11-26)46-34(35,36)37/h6-15,17,19-22H,16,18H2,1-5H3,(H,38,44). The number of thiazole rings is 1. The van der Waals surface area contributed by atoms with Gasteiger partial charge >= 0.3 is 12.4 Å². The molecule has 246 valence electrons. The highest BCUT2D eigenvalue weighted by Crippen LogP contribution is 2.28. The van der Waals surface area contributed by atoms with E-state index in [9.17, 15) is 18.0 Å². The molecule has 1 unspecified atom stereocenters. The lowest BCUT2D eigenvalue weighted by molar-refractivity contribution is -0.274. The predicted molar refractivity (Wildman–Crippen MR) is 174 cm³/mol. The van der Waals surface area contributed by atoms with Crippen molar-refractivity contribution in [1.29, 1.82) is 0 Å². The first kappa shape index (κ1) is 33.5. The first-order valence-corrected chi connectivity index (χ1v) is 15.8. The molecule has 0 saturated heterocycles. The minimum Gasteiger partial charge on any atom is -0.497 e. The second kappa shape index (κ2) is 14.2. The molecule has 0 aliphatic heterocycles. The number of alkyl halides is 3. The molecule has 0 saturated carbocycles. The summed E-state index contributed by atoms with van der Waals surface area (Å²) in [5.74, 6) is 1.31. The number of benzene rings is 3. The van der Waals surface area contributed by atoms with Gasteiger partial charge in [0.1, 0.15) is 17.8 Å². The van der Waals surface area contributed by atoms with Gasteiger partial charge in [0.25, 0.3) is 0 Å². The van der Waals surface area contributed by atoms with Gasteiger partial charge in [0.2, 0.25) is 0 Å². The second-order valence-corrected chi connectivity index (χ2v) is 12.3. The van der Waals surface area contributed by atoms with Crippen molar-refractivity contribution in [1.82, 2.24) is 24.6 Å². The number of carbonyl (C=O) groups excluding carboxylic acids is 1. The molecule has 0 fully saturated rings. The van der Waals surface area contributed by atoms with Gasteiger partial charge < -0.3 is 14.8 Å². The molecule has 0 aliphatic rings. The van der Waals surface area contributed by atoms with E-state index in [1.165, 1.54) is 46.6 Å². The molecule has 5 aromatic rings. The normalized spacial score (nSPS) is 12.7. The minimum atomic E-state index is -4.75. The first-order valence-electron chi connectivity index (χ1n) is 15.0. The van der Waals surface area contributed by atoms with Crippen LogP contribution in [0.3, 0.4) is 0 Å². The minimum absolute atomic E-state index is 0.143. The van der Waals surface area contributed by atoms with E-state index in [0.717, 1.165) is 40.2 Å². The van der Waals surface area contributed by atoms with Crippen molar-refractivity contribution < 1.29 is 27.4 Å². The number of ether oxygens (including phenoxy) is 2. The van der Waals surface area contributed by atoms with Crippen LogP contribution in [-0.4, -0.2) is 45.4 Å². The molecule has 2 aromatic heterocycles. The van der Waals surface area contributed by atoms with Crippen molar-refractivity contribution in [3.05, 3.63) is 100 Å². The van der Waals surface area contributed by atoms with Crippen LogP contribution in [0.15, 0.2) is 83.4 Å². The number of methoxy groups -OCH3 is 1. The van der Waals surface area contributed by atoms with E-state index in [2.05, 4.69) is 45.9 Å². The summed E-state index contributed by atoms with van der Waals surface area (Å²) in [6, 6.07) is 18.7. The highest BCUT2D eigenvalue weighted by Gasteiger charge is 2.31. The van der Waals surface area contributed by atoms with Gasteiger partial charge in [-0.15, -0.1) is 29.6 Å². The van der Waals surface area contributed by atoms with Gasteiger partial charge in [-0.1, -0.05) is 51.1 Å². The van der Waals surface area contributed by atoms with E-state index in [1.807, 2.05) is 59.3 Å². The molecular formula is C34H35F3N6O3S. The Balaban J connectivity index is 1.19. The van der Waals surface area contributed by atoms with Crippen LogP contribution in [-0.2, 0) is 6.42 Å². The number of rotatable bonds is 10. The number of hydrogen-bond acceptors (Lipinski definition) is 6. The molecule has 47 heavy (non-hydrogen) atoms. The monoisotopic (exact) mass is 664 g/mol. The quantitative estimate of drug-likeness (QED) is 0.166. The third-order valence-electron chi connectivity index (χ3n) is 7.40. The summed E-state index contributed by atoms with van der Waals surface area (Å²) in [7, 11) is 1.63. The number of amides is 2. The lowest BCUT2D eigenvalue weighted by atomic mass is 10.00. The van der Waals surface area contributed by atoms with Gasteiger partial charge in [-0.2, -0.15) is 4.99 Å². The molecule has 1 N–H and O–H groups in total. The largest absolute Gasteiger partial charge is 0.573 e. The Bertz CT molecular complexity index is 1890. The number of nitrogens with zero attached hydrogens (tertiary/aromatic N) is 5. The van der Waals surface area contributed by atoms with Crippen molar-refractivity contribution >= 4 is 17.4 Å². The van der Waals surface area contributed by atoms with E-state index in [0.29, 0.717) is 22.9 Å². The summed E-state index contributed by atoms with van der Waals surface area (Å²) in [5, 5.41) is 9.38. The van der Waals surface area contributed by atoms with Crippen LogP contribution in [0.1, 0.15) is 43.5 Å². The van der Waals surface area contributed by atoms with Crippen molar-refractivity contribution in [2.45, 2.75) is 46.4 Å². The highest BCUT2D eigenvalue weighted by molar-refractivity contribution is 7.07. The lowest BCUT2D eigenvalue weighted by Gasteiger charge is -2.16. The Labute approximate surface area is 274 Å². The molecule has 3 aromatic carbocycles. The fraction of sp³-hybridized carbons (Fsp3) is 0.294. The zero-order valence-electron chi connectivity index (χ0n) is 26.6. The fourth-order valence-electron chi connectivity index (χ4n) is 5.07. The van der Waals surface area contributed by atoms with Crippen LogP contribution in [0.4, 0.5) is 18.0 Å². The van der Waals surface area contributed by atoms with Gasteiger partial charge in [-0.05, 0) is 66.6 Å². The molecule has 13 heteroatoms. The number of nitrogens with one attached hydrogen (secondary N) is 1. The molecule has 2 heterocycles. The Morgan fingerprint density at radius 3 is 2.38 bits per heavy atom. The van der Waals surface area contributed by atoms with Crippen LogP contribution in [0.5, 0.6) is 11.5 Å². The maximum Gasteiger partial charge on any atom is 0.573 e. The molecule has 2 amide bonds. The fourth-order valence-corrected chi connectivity index (χ4v) is 5.93. The summed E-state index contributed by atoms with van der Waals surface area (Å²) in [6.45, 7) is 8.75. The molecule has 0 aliphatic carbocycles. The molecule has 9 nitrogen and oxygen atoms in total. The van der Waals surface area contributed by atoms with E-state index in [4.69, 9.17) is 4.74 Å². The Hall–Kier alpha value is -4.91. The number of aromatic nitrogens is 4. The molecule has 5 rings (SSSR count). The van der Waals surface area contributed by atoms with Crippen LogP contribution < -0.4 is 19.6 Å². The number of halogens is 3. The SMILES string of the molecule is COc1ccc(C(C)C)c(-n2c(C)csc2=NC(=O)NCC(C)Cc2ccc(-c3ncn(-c4ccc(OC(F)(F)F)cc4)n3)cc2)c1.